The van der Waals surface area contributed by atoms with Gasteiger partial charge in [0.2, 0.25) is 0 Å². The first-order valence-corrected chi connectivity index (χ1v) is 6.08. The molecule has 1 aromatic rings. The Hall–Kier alpha value is -0.180. The van der Waals surface area contributed by atoms with Gasteiger partial charge in [-0.1, -0.05) is 18.5 Å². The maximum Gasteiger partial charge on any atom is 0.0406 e. The van der Waals surface area contributed by atoms with Crippen LogP contribution in [0.3, 0.4) is 0 Å². The van der Waals surface area contributed by atoms with Crippen molar-refractivity contribution in [3.8, 4) is 0 Å². The number of hydrogen-bond acceptors (Lipinski definition) is 2. The molecule has 0 aliphatic rings. The van der Waals surface area contributed by atoms with Gasteiger partial charge in [-0.2, -0.15) is 0 Å². The van der Waals surface area contributed by atoms with Gasteiger partial charge in [0.25, 0.3) is 0 Å². The first-order valence-electron chi connectivity index (χ1n) is 4.83. The molecule has 0 saturated carbocycles. The highest BCUT2D eigenvalue weighted by Crippen LogP contribution is 2.25. The third kappa shape index (κ3) is 3.91. The number of benzene rings is 1. The van der Waals surface area contributed by atoms with Crippen molar-refractivity contribution >= 4 is 23.4 Å². The number of nitrogens with one attached hydrogen (secondary N) is 1. The first-order chi connectivity index (χ1) is 6.76. The summed E-state index contributed by atoms with van der Waals surface area (Å²) >= 11 is 7.72. The zero-order chi connectivity index (χ0) is 10.4. The average molecular weight is 230 g/mol. The summed E-state index contributed by atoms with van der Waals surface area (Å²) in [6, 6.07) is 8.03. The lowest BCUT2D eigenvalue weighted by Gasteiger charge is -2.13. The Morgan fingerprint density at radius 3 is 2.50 bits per heavy atom. The van der Waals surface area contributed by atoms with Gasteiger partial charge >= 0.3 is 0 Å². The molecule has 0 amide bonds. The van der Waals surface area contributed by atoms with E-state index in [9.17, 15) is 0 Å². The van der Waals surface area contributed by atoms with E-state index in [-0.39, 0.29) is 0 Å². The Balaban J connectivity index is 2.53. The van der Waals surface area contributed by atoms with Gasteiger partial charge in [-0.25, -0.2) is 0 Å². The van der Waals surface area contributed by atoms with Crippen molar-refractivity contribution in [3.05, 3.63) is 29.3 Å². The van der Waals surface area contributed by atoms with Crippen molar-refractivity contribution in [2.24, 2.45) is 0 Å². The highest BCUT2D eigenvalue weighted by atomic mass is 35.5. The lowest BCUT2D eigenvalue weighted by molar-refractivity contribution is 0.726. The van der Waals surface area contributed by atoms with Gasteiger partial charge < -0.3 is 5.32 Å². The molecule has 1 unspecified atom stereocenters. The molecule has 0 aliphatic heterocycles. The van der Waals surface area contributed by atoms with Crippen molar-refractivity contribution < 1.29 is 0 Å². The molecule has 0 fully saturated rings. The van der Waals surface area contributed by atoms with Gasteiger partial charge in [0.15, 0.2) is 0 Å². The molecule has 1 N–H and O–H groups in total. The van der Waals surface area contributed by atoms with Crippen LogP contribution in [0.2, 0.25) is 5.02 Å². The Morgan fingerprint density at radius 2 is 2.00 bits per heavy atom. The standard InChI is InChI=1S/C11H16ClNS/c1-3-10(8-13-2)14-11-6-4-9(12)5-7-11/h4-7,10,13H,3,8H2,1-2H3. The van der Waals surface area contributed by atoms with Gasteiger partial charge in [0.1, 0.15) is 0 Å². The fraction of sp³-hybridized carbons (Fsp3) is 0.455. The number of halogens is 1. The summed E-state index contributed by atoms with van der Waals surface area (Å²) in [4.78, 5) is 1.29. The van der Waals surface area contributed by atoms with Crippen LogP contribution in [-0.4, -0.2) is 18.8 Å². The summed E-state index contributed by atoms with van der Waals surface area (Å²) in [7, 11) is 1.99. The SMILES string of the molecule is CCC(CNC)Sc1ccc(Cl)cc1. The second kappa shape index (κ2) is 6.33. The largest absolute Gasteiger partial charge is 0.319 e. The van der Waals surface area contributed by atoms with Gasteiger partial charge in [0, 0.05) is 21.7 Å². The molecule has 14 heavy (non-hydrogen) atoms. The van der Waals surface area contributed by atoms with Crippen molar-refractivity contribution in [3.63, 3.8) is 0 Å². The molecule has 0 saturated heterocycles. The van der Waals surface area contributed by atoms with Gasteiger partial charge in [0.05, 0.1) is 0 Å². The monoisotopic (exact) mass is 229 g/mol. The van der Waals surface area contributed by atoms with Gasteiger partial charge in [-0.15, -0.1) is 11.8 Å². The zero-order valence-corrected chi connectivity index (χ0v) is 10.2. The molecule has 1 atom stereocenters. The molecular weight excluding hydrogens is 214 g/mol. The Morgan fingerprint density at radius 1 is 1.36 bits per heavy atom. The van der Waals surface area contributed by atoms with Crippen LogP contribution in [0.25, 0.3) is 0 Å². The van der Waals surface area contributed by atoms with Crippen molar-refractivity contribution in [2.45, 2.75) is 23.5 Å². The lowest BCUT2D eigenvalue weighted by atomic mass is 10.3. The van der Waals surface area contributed by atoms with E-state index in [0.717, 1.165) is 11.6 Å². The van der Waals surface area contributed by atoms with Crippen molar-refractivity contribution in [1.82, 2.24) is 5.32 Å². The average Bonchev–Trinajstić information content (AvgIpc) is 2.20. The minimum atomic E-state index is 0.640. The number of hydrogen-bond donors (Lipinski definition) is 1. The predicted molar refractivity (Wildman–Crippen MR) is 65.3 cm³/mol. The number of rotatable bonds is 5. The van der Waals surface area contributed by atoms with E-state index in [2.05, 4.69) is 24.4 Å². The van der Waals surface area contributed by atoms with E-state index in [1.807, 2.05) is 30.9 Å². The van der Waals surface area contributed by atoms with E-state index in [4.69, 9.17) is 11.6 Å². The maximum atomic E-state index is 5.82. The molecule has 0 heterocycles. The van der Waals surface area contributed by atoms with Crippen molar-refractivity contribution in [1.29, 1.82) is 0 Å². The fourth-order valence-electron chi connectivity index (χ4n) is 1.20. The molecule has 1 aromatic carbocycles. The normalized spacial score (nSPS) is 12.8. The van der Waals surface area contributed by atoms with Crippen LogP contribution in [0.4, 0.5) is 0 Å². The van der Waals surface area contributed by atoms with Gasteiger partial charge in [-0.3, -0.25) is 0 Å². The van der Waals surface area contributed by atoms with Crippen LogP contribution < -0.4 is 5.32 Å². The van der Waals surface area contributed by atoms with Crippen LogP contribution in [0.15, 0.2) is 29.2 Å². The number of thioether (sulfide) groups is 1. The third-order valence-electron chi connectivity index (χ3n) is 2.00. The molecule has 1 nitrogen and oxygen atoms in total. The fourth-order valence-corrected chi connectivity index (χ4v) is 2.42. The Kier molecular flexibility index (Phi) is 5.38. The van der Waals surface area contributed by atoms with E-state index >= 15 is 0 Å². The quantitative estimate of drug-likeness (QED) is 0.777. The third-order valence-corrected chi connectivity index (χ3v) is 3.63. The summed E-state index contributed by atoms with van der Waals surface area (Å²) in [5, 5.41) is 4.65. The molecule has 0 spiro atoms. The molecule has 0 radical (unpaired) electrons. The van der Waals surface area contributed by atoms with E-state index in [1.54, 1.807) is 0 Å². The van der Waals surface area contributed by atoms with Crippen LogP contribution >= 0.6 is 23.4 Å². The second-order valence-electron chi connectivity index (χ2n) is 3.16. The molecule has 78 valence electrons. The summed E-state index contributed by atoms with van der Waals surface area (Å²) < 4.78 is 0. The molecule has 0 aliphatic carbocycles. The lowest BCUT2D eigenvalue weighted by Crippen LogP contribution is -2.19. The van der Waals surface area contributed by atoms with E-state index < -0.39 is 0 Å². The maximum absolute atomic E-state index is 5.82. The zero-order valence-electron chi connectivity index (χ0n) is 8.59. The highest BCUT2D eigenvalue weighted by Gasteiger charge is 2.06. The molecule has 1 rings (SSSR count). The van der Waals surface area contributed by atoms with Crippen LogP contribution in [0, 0.1) is 0 Å². The smallest absolute Gasteiger partial charge is 0.0406 e. The second-order valence-corrected chi connectivity index (χ2v) is 4.97. The summed E-state index contributed by atoms with van der Waals surface area (Å²) in [6.45, 7) is 3.26. The Labute approximate surface area is 95.2 Å². The molecule has 3 heteroatoms. The molecule has 0 aromatic heterocycles. The summed E-state index contributed by atoms with van der Waals surface area (Å²) in [6.07, 6.45) is 1.17. The summed E-state index contributed by atoms with van der Waals surface area (Å²) in [5.41, 5.74) is 0. The predicted octanol–water partition coefficient (Wildman–Crippen LogP) is 3.43. The topological polar surface area (TPSA) is 12.0 Å². The van der Waals surface area contributed by atoms with Gasteiger partial charge in [-0.05, 0) is 37.7 Å². The Bertz CT molecular complexity index is 260. The minimum absolute atomic E-state index is 0.640. The highest BCUT2D eigenvalue weighted by molar-refractivity contribution is 8.00. The van der Waals surface area contributed by atoms with Crippen LogP contribution in [-0.2, 0) is 0 Å². The van der Waals surface area contributed by atoms with E-state index in [0.29, 0.717) is 5.25 Å². The first kappa shape index (κ1) is 11.9. The molecule has 0 bridgehead atoms. The van der Waals surface area contributed by atoms with Crippen molar-refractivity contribution in [2.75, 3.05) is 13.6 Å². The molecular formula is C11H16ClNS. The van der Waals surface area contributed by atoms with Crippen LogP contribution in [0.5, 0.6) is 0 Å². The van der Waals surface area contributed by atoms with Crippen LogP contribution in [0.1, 0.15) is 13.3 Å². The summed E-state index contributed by atoms with van der Waals surface area (Å²) in [5.74, 6) is 0. The minimum Gasteiger partial charge on any atom is -0.319 e. The van der Waals surface area contributed by atoms with E-state index in [1.165, 1.54) is 11.3 Å².